The Morgan fingerprint density at radius 3 is 2.60 bits per heavy atom. The molecule has 1 aromatic carbocycles. The van der Waals surface area contributed by atoms with E-state index in [2.05, 4.69) is 0 Å². The lowest BCUT2D eigenvalue weighted by atomic mass is 10.0. The summed E-state index contributed by atoms with van der Waals surface area (Å²) in [6.07, 6.45) is 2.27. The Morgan fingerprint density at radius 1 is 1.27 bits per heavy atom. The third-order valence-electron chi connectivity index (χ3n) is 2.53. The number of carbonyl (C=O) groups excluding carboxylic acids is 1. The number of rotatable bonds is 3. The molecule has 0 atom stereocenters. The molecule has 1 aliphatic rings. The predicted octanol–water partition coefficient (Wildman–Crippen LogP) is 1.90. The molecule has 1 aliphatic heterocycles. The van der Waals surface area contributed by atoms with Gasteiger partial charge in [0.05, 0.1) is 0 Å². The first-order valence-electron chi connectivity index (χ1n) is 5.14. The fourth-order valence-corrected chi connectivity index (χ4v) is 1.72. The molecular weight excluding hydrogens is 192 g/mol. The van der Waals surface area contributed by atoms with Gasteiger partial charge in [-0.3, -0.25) is 0 Å². The van der Waals surface area contributed by atoms with Crippen LogP contribution < -0.4 is 9.47 Å². The molecule has 15 heavy (non-hydrogen) atoms. The zero-order valence-corrected chi connectivity index (χ0v) is 8.79. The molecule has 2 rings (SSSR count). The second-order valence-electron chi connectivity index (χ2n) is 3.63. The molecule has 0 N–H and O–H groups in total. The van der Waals surface area contributed by atoms with Gasteiger partial charge < -0.3 is 14.3 Å². The SMILES string of the molecule is Cc1cc2c(cc1CCC=O)OCCO2. The second-order valence-corrected chi connectivity index (χ2v) is 3.63. The molecule has 1 heterocycles. The van der Waals surface area contributed by atoms with Gasteiger partial charge in [0, 0.05) is 6.42 Å². The average Bonchev–Trinajstić information content (AvgIpc) is 2.26. The summed E-state index contributed by atoms with van der Waals surface area (Å²) in [5, 5.41) is 0. The fourth-order valence-electron chi connectivity index (χ4n) is 1.72. The lowest BCUT2D eigenvalue weighted by Crippen LogP contribution is -2.15. The van der Waals surface area contributed by atoms with Gasteiger partial charge in [-0.25, -0.2) is 0 Å². The number of hydrogen-bond acceptors (Lipinski definition) is 3. The Bertz CT molecular complexity index is 371. The van der Waals surface area contributed by atoms with Crippen LogP contribution >= 0.6 is 0 Å². The van der Waals surface area contributed by atoms with Crippen molar-refractivity contribution in [2.45, 2.75) is 19.8 Å². The van der Waals surface area contributed by atoms with Gasteiger partial charge in [0.2, 0.25) is 0 Å². The highest BCUT2D eigenvalue weighted by Crippen LogP contribution is 2.33. The van der Waals surface area contributed by atoms with Crippen LogP contribution in [-0.2, 0) is 11.2 Å². The summed E-state index contributed by atoms with van der Waals surface area (Å²) >= 11 is 0. The maximum Gasteiger partial charge on any atom is 0.161 e. The normalized spacial score (nSPS) is 13.7. The maximum atomic E-state index is 10.3. The molecule has 0 spiro atoms. The molecule has 3 nitrogen and oxygen atoms in total. The van der Waals surface area contributed by atoms with Gasteiger partial charge in [0.15, 0.2) is 11.5 Å². The monoisotopic (exact) mass is 206 g/mol. The van der Waals surface area contributed by atoms with Crippen LogP contribution in [0, 0.1) is 6.92 Å². The molecule has 80 valence electrons. The Hall–Kier alpha value is -1.51. The number of ether oxygens (including phenoxy) is 2. The molecule has 0 saturated carbocycles. The van der Waals surface area contributed by atoms with E-state index in [-0.39, 0.29) is 0 Å². The van der Waals surface area contributed by atoms with Gasteiger partial charge in [0.1, 0.15) is 19.5 Å². The molecule has 0 aliphatic carbocycles. The number of benzene rings is 1. The van der Waals surface area contributed by atoms with Crippen LogP contribution in [0.3, 0.4) is 0 Å². The van der Waals surface area contributed by atoms with E-state index in [9.17, 15) is 4.79 Å². The van der Waals surface area contributed by atoms with Gasteiger partial charge >= 0.3 is 0 Å². The van der Waals surface area contributed by atoms with Crippen molar-refractivity contribution in [1.82, 2.24) is 0 Å². The van der Waals surface area contributed by atoms with Gasteiger partial charge in [0.25, 0.3) is 0 Å². The van der Waals surface area contributed by atoms with Crippen LogP contribution in [0.5, 0.6) is 11.5 Å². The summed E-state index contributed by atoms with van der Waals surface area (Å²) in [6, 6.07) is 3.96. The highest BCUT2D eigenvalue weighted by molar-refractivity contribution is 5.52. The van der Waals surface area contributed by atoms with Crippen molar-refractivity contribution in [2.24, 2.45) is 0 Å². The van der Waals surface area contributed by atoms with Crippen molar-refractivity contribution in [3.05, 3.63) is 23.3 Å². The molecule has 1 aromatic rings. The van der Waals surface area contributed by atoms with Gasteiger partial charge in [-0.15, -0.1) is 0 Å². The van der Waals surface area contributed by atoms with E-state index < -0.39 is 0 Å². The second kappa shape index (κ2) is 4.34. The van der Waals surface area contributed by atoms with E-state index in [0.29, 0.717) is 19.6 Å². The first kappa shape index (κ1) is 10.0. The summed E-state index contributed by atoms with van der Waals surface area (Å²) in [5.41, 5.74) is 2.31. The van der Waals surface area contributed by atoms with Crippen molar-refractivity contribution in [2.75, 3.05) is 13.2 Å². The van der Waals surface area contributed by atoms with E-state index in [1.54, 1.807) is 0 Å². The van der Waals surface area contributed by atoms with E-state index >= 15 is 0 Å². The van der Waals surface area contributed by atoms with Crippen LogP contribution in [0.25, 0.3) is 0 Å². The van der Waals surface area contributed by atoms with Crippen LogP contribution in [0.15, 0.2) is 12.1 Å². The highest BCUT2D eigenvalue weighted by atomic mass is 16.6. The van der Waals surface area contributed by atoms with Gasteiger partial charge in [-0.2, -0.15) is 0 Å². The third-order valence-corrected chi connectivity index (χ3v) is 2.53. The summed E-state index contributed by atoms with van der Waals surface area (Å²) in [4.78, 5) is 10.3. The molecular formula is C12H14O3. The number of carbonyl (C=O) groups is 1. The average molecular weight is 206 g/mol. The minimum atomic E-state index is 0.556. The molecule has 0 radical (unpaired) electrons. The maximum absolute atomic E-state index is 10.3. The number of aldehydes is 1. The standard InChI is InChI=1S/C12H14O3/c1-9-7-11-12(15-6-5-14-11)8-10(9)3-2-4-13/h4,7-8H,2-3,5-6H2,1H3. The van der Waals surface area contributed by atoms with E-state index in [1.165, 1.54) is 0 Å². The summed E-state index contributed by atoms with van der Waals surface area (Å²) < 4.78 is 11.0. The van der Waals surface area contributed by atoms with E-state index in [1.807, 2.05) is 19.1 Å². The van der Waals surface area contributed by atoms with Crippen molar-refractivity contribution in [3.63, 3.8) is 0 Å². The fraction of sp³-hybridized carbons (Fsp3) is 0.417. The molecule has 0 amide bonds. The molecule has 0 fully saturated rings. The zero-order valence-electron chi connectivity index (χ0n) is 8.79. The Morgan fingerprint density at radius 2 is 1.93 bits per heavy atom. The largest absolute Gasteiger partial charge is 0.486 e. The molecule has 0 aromatic heterocycles. The lowest BCUT2D eigenvalue weighted by molar-refractivity contribution is -0.107. The highest BCUT2D eigenvalue weighted by Gasteiger charge is 2.13. The number of fused-ring (bicyclic) bond motifs is 1. The molecule has 3 heteroatoms. The Balaban J connectivity index is 2.27. The van der Waals surface area contributed by atoms with E-state index in [0.717, 1.165) is 35.3 Å². The lowest BCUT2D eigenvalue weighted by Gasteiger charge is -2.20. The third kappa shape index (κ3) is 2.12. The summed E-state index contributed by atoms with van der Waals surface area (Å²) in [5.74, 6) is 1.61. The zero-order chi connectivity index (χ0) is 10.7. The Kier molecular flexibility index (Phi) is 2.90. The quantitative estimate of drug-likeness (QED) is 0.708. The van der Waals surface area contributed by atoms with Gasteiger partial charge in [-0.1, -0.05) is 0 Å². The van der Waals surface area contributed by atoms with Crippen molar-refractivity contribution >= 4 is 6.29 Å². The molecule has 0 bridgehead atoms. The summed E-state index contributed by atoms with van der Waals surface area (Å²) in [6.45, 7) is 3.24. The smallest absolute Gasteiger partial charge is 0.161 e. The first-order valence-corrected chi connectivity index (χ1v) is 5.14. The topological polar surface area (TPSA) is 35.5 Å². The first-order chi connectivity index (χ1) is 7.31. The Labute approximate surface area is 89.0 Å². The number of hydrogen-bond donors (Lipinski definition) is 0. The van der Waals surface area contributed by atoms with Crippen molar-refractivity contribution in [1.29, 1.82) is 0 Å². The van der Waals surface area contributed by atoms with Gasteiger partial charge in [-0.05, 0) is 36.6 Å². The molecule has 0 saturated heterocycles. The van der Waals surface area contributed by atoms with Crippen LogP contribution in [-0.4, -0.2) is 19.5 Å². The predicted molar refractivity (Wildman–Crippen MR) is 56.6 cm³/mol. The van der Waals surface area contributed by atoms with Crippen molar-refractivity contribution in [3.8, 4) is 11.5 Å². The number of aryl methyl sites for hydroxylation is 2. The molecule has 0 unspecified atom stereocenters. The van der Waals surface area contributed by atoms with Crippen LogP contribution in [0.4, 0.5) is 0 Å². The minimum absolute atomic E-state index is 0.556. The summed E-state index contributed by atoms with van der Waals surface area (Å²) in [7, 11) is 0. The van der Waals surface area contributed by atoms with Crippen molar-refractivity contribution < 1.29 is 14.3 Å². The van der Waals surface area contributed by atoms with Crippen LogP contribution in [0.2, 0.25) is 0 Å². The minimum Gasteiger partial charge on any atom is -0.486 e. The van der Waals surface area contributed by atoms with Crippen LogP contribution in [0.1, 0.15) is 17.5 Å². The van der Waals surface area contributed by atoms with E-state index in [4.69, 9.17) is 9.47 Å².